The van der Waals surface area contributed by atoms with Gasteiger partial charge < -0.3 is 15.1 Å². The van der Waals surface area contributed by atoms with Gasteiger partial charge in [-0.15, -0.1) is 0 Å². The molecule has 2 N–H and O–H groups in total. The summed E-state index contributed by atoms with van der Waals surface area (Å²) in [6.45, 7) is 0.108. The van der Waals surface area contributed by atoms with E-state index in [0.29, 0.717) is 12.8 Å². The van der Waals surface area contributed by atoms with Gasteiger partial charge in [-0.05, 0) is 26.9 Å². The Kier molecular flexibility index (Phi) is 5.86. The second kappa shape index (κ2) is 5.77. The molecule has 0 aromatic heterocycles. The van der Waals surface area contributed by atoms with E-state index in [1.54, 1.807) is 0 Å². The maximum Gasteiger partial charge on any atom is 0.128 e. The smallest absolute Gasteiger partial charge is 0.128 e. The molecule has 0 saturated carbocycles. The number of aliphatic hydroxyl groups is 2. The second-order valence-electron chi connectivity index (χ2n) is 2.81. The van der Waals surface area contributed by atoms with Crippen molar-refractivity contribution in [3.63, 3.8) is 0 Å². The summed E-state index contributed by atoms with van der Waals surface area (Å²) >= 11 is 5.34. The summed E-state index contributed by atoms with van der Waals surface area (Å²) in [5.74, 6) is 0. The molecular formula is C7H16ClNO2. The van der Waals surface area contributed by atoms with Gasteiger partial charge in [-0.2, -0.15) is 0 Å². The number of halogens is 1. The summed E-state index contributed by atoms with van der Waals surface area (Å²) < 4.78 is 0. The van der Waals surface area contributed by atoms with Gasteiger partial charge in [0.15, 0.2) is 0 Å². The molecule has 0 spiro atoms. The number of aliphatic hydroxyl groups excluding tert-OH is 2. The van der Waals surface area contributed by atoms with Crippen LogP contribution in [0, 0.1) is 0 Å². The zero-order chi connectivity index (χ0) is 8.85. The molecule has 0 aliphatic carbocycles. The number of rotatable bonds is 5. The number of hydrogen-bond acceptors (Lipinski definition) is 3. The quantitative estimate of drug-likeness (QED) is 0.598. The molecule has 0 aromatic rings. The second-order valence-corrected chi connectivity index (χ2v) is 3.32. The standard InChI is InChI=1S/C7H16ClNO2/c1-9(2)6(5-10)3-4-7(8)11/h6-7,10-11H,3-5H2,1-2H3. The predicted molar refractivity (Wildman–Crippen MR) is 45.7 cm³/mol. The highest BCUT2D eigenvalue weighted by Gasteiger charge is 2.10. The summed E-state index contributed by atoms with van der Waals surface area (Å²) in [5, 5.41) is 17.6. The lowest BCUT2D eigenvalue weighted by Gasteiger charge is -2.21. The zero-order valence-corrected chi connectivity index (χ0v) is 7.75. The fourth-order valence-electron chi connectivity index (χ4n) is 0.843. The monoisotopic (exact) mass is 181 g/mol. The van der Waals surface area contributed by atoms with Crippen molar-refractivity contribution >= 4 is 11.6 Å². The first-order valence-electron chi connectivity index (χ1n) is 3.67. The molecule has 0 rings (SSSR count). The van der Waals surface area contributed by atoms with Crippen molar-refractivity contribution in [2.24, 2.45) is 0 Å². The first-order chi connectivity index (χ1) is 5.07. The highest BCUT2D eigenvalue weighted by molar-refractivity contribution is 6.19. The number of nitrogens with zero attached hydrogens (tertiary/aromatic N) is 1. The molecule has 0 fully saturated rings. The first-order valence-corrected chi connectivity index (χ1v) is 4.11. The zero-order valence-electron chi connectivity index (χ0n) is 7.00. The summed E-state index contributed by atoms with van der Waals surface area (Å²) in [5.41, 5.74) is -0.788. The minimum absolute atomic E-state index is 0.100. The Morgan fingerprint density at radius 1 is 1.36 bits per heavy atom. The molecule has 0 aromatic carbocycles. The van der Waals surface area contributed by atoms with Crippen LogP contribution in [0.25, 0.3) is 0 Å². The molecular weight excluding hydrogens is 166 g/mol. The van der Waals surface area contributed by atoms with Crippen LogP contribution in [0.2, 0.25) is 0 Å². The molecule has 0 heterocycles. The topological polar surface area (TPSA) is 43.7 Å². The van der Waals surface area contributed by atoms with Crippen LogP contribution < -0.4 is 0 Å². The van der Waals surface area contributed by atoms with E-state index in [1.165, 1.54) is 0 Å². The van der Waals surface area contributed by atoms with Crippen LogP contribution in [0.5, 0.6) is 0 Å². The lowest BCUT2D eigenvalue weighted by atomic mass is 10.1. The van der Waals surface area contributed by atoms with E-state index in [2.05, 4.69) is 0 Å². The van der Waals surface area contributed by atoms with Crippen molar-refractivity contribution in [2.75, 3.05) is 20.7 Å². The lowest BCUT2D eigenvalue weighted by molar-refractivity contribution is 0.145. The average molecular weight is 182 g/mol. The third kappa shape index (κ3) is 5.44. The van der Waals surface area contributed by atoms with Crippen LogP contribution in [0.4, 0.5) is 0 Å². The Bertz CT molecular complexity index is 98.4. The SMILES string of the molecule is CN(C)C(CO)CCC(O)Cl. The Hall–Kier alpha value is 0.170. The van der Waals surface area contributed by atoms with Crippen molar-refractivity contribution in [1.29, 1.82) is 0 Å². The molecule has 2 unspecified atom stereocenters. The molecule has 68 valence electrons. The minimum Gasteiger partial charge on any atom is -0.395 e. The largest absolute Gasteiger partial charge is 0.395 e. The van der Waals surface area contributed by atoms with Gasteiger partial charge >= 0.3 is 0 Å². The molecule has 0 bridgehead atoms. The number of likely N-dealkylation sites (N-methyl/N-ethyl adjacent to an activating group) is 1. The molecule has 0 aliphatic heterocycles. The Labute approximate surface area is 72.6 Å². The Morgan fingerprint density at radius 3 is 2.18 bits per heavy atom. The third-order valence-corrected chi connectivity index (χ3v) is 1.90. The molecule has 0 aliphatic rings. The molecule has 3 nitrogen and oxygen atoms in total. The number of hydrogen-bond donors (Lipinski definition) is 2. The van der Waals surface area contributed by atoms with Gasteiger partial charge in [0.1, 0.15) is 5.56 Å². The molecule has 0 amide bonds. The molecule has 0 radical (unpaired) electrons. The van der Waals surface area contributed by atoms with Gasteiger partial charge in [0, 0.05) is 6.04 Å². The van der Waals surface area contributed by atoms with Gasteiger partial charge in [0.2, 0.25) is 0 Å². The van der Waals surface area contributed by atoms with Crippen molar-refractivity contribution in [2.45, 2.75) is 24.4 Å². The van der Waals surface area contributed by atoms with Crippen molar-refractivity contribution in [3.05, 3.63) is 0 Å². The van der Waals surface area contributed by atoms with Crippen LogP contribution in [0.15, 0.2) is 0 Å². The van der Waals surface area contributed by atoms with Gasteiger partial charge in [0.25, 0.3) is 0 Å². The fraction of sp³-hybridized carbons (Fsp3) is 1.00. The third-order valence-electron chi connectivity index (χ3n) is 1.68. The van der Waals surface area contributed by atoms with Crippen LogP contribution in [-0.2, 0) is 0 Å². The van der Waals surface area contributed by atoms with Crippen LogP contribution >= 0.6 is 11.6 Å². The summed E-state index contributed by atoms with van der Waals surface area (Å²) in [6.07, 6.45) is 1.24. The van der Waals surface area contributed by atoms with E-state index < -0.39 is 5.56 Å². The first kappa shape index (κ1) is 11.2. The number of alkyl halides is 1. The van der Waals surface area contributed by atoms with Crippen molar-refractivity contribution < 1.29 is 10.2 Å². The maximum absolute atomic E-state index is 8.84. The molecule has 11 heavy (non-hydrogen) atoms. The van der Waals surface area contributed by atoms with Crippen molar-refractivity contribution in [1.82, 2.24) is 4.90 Å². The van der Waals surface area contributed by atoms with Crippen LogP contribution in [0.3, 0.4) is 0 Å². The average Bonchev–Trinajstić information content (AvgIpc) is 1.87. The summed E-state index contributed by atoms with van der Waals surface area (Å²) in [6, 6.07) is 0.100. The molecule has 4 heteroatoms. The lowest BCUT2D eigenvalue weighted by Crippen LogP contribution is -2.31. The maximum atomic E-state index is 8.84. The van der Waals surface area contributed by atoms with E-state index in [1.807, 2.05) is 19.0 Å². The van der Waals surface area contributed by atoms with Crippen molar-refractivity contribution in [3.8, 4) is 0 Å². The normalized spacial score (nSPS) is 16.9. The van der Waals surface area contributed by atoms with E-state index in [-0.39, 0.29) is 12.6 Å². The highest BCUT2D eigenvalue weighted by Crippen LogP contribution is 2.07. The van der Waals surface area contributed by atoms with Gasteiger partial charge in [-0.1, -0.05) is 11.6 Å². The van der Waals surface area contributed by atoms with Crippen LogP contribution in [0.1, 0.15) is 12.8 Å². The van der Waals surface area contributed by atoms with Crippen LogP contribution in [-0.4, -0.2) is 47.4 Å². The highest BCUT2D eigenvalue weighted by atomic mass is 35.5. The van der Waals surface area contributed by atoms with Gasteiger partial charge in [0.05, 0.1) is 6.61 Å². The van der Waals surface area contributed by atoms with E-state index in [0.717, 1.165) is 0 Å². The van der Waals surface area contributed by atoms with E-state index in [4.69, 9.17) is 21.8 Å². The molecule has 0 saturated heterocycles. The van der Waals surface area contributed by atoms with E-state index >= 15 is 0 Å². The molecule has 2 atom stereocenters. The minimum atomic E-state index is -0.788. The van der Waals surface area contributed by atoms with E-state index in [9.17, 15) is 0 Å². The van der Waals surface area contributed by atoms with Gasteiger partial charge in [-0.25, -0.2) is 0 Å². The predicted octanol–water partition coefficient (Wildman–Crippen LogP) is 0.246. The van der Waals surface area contributed by atoms with Gasteiger partial charge in [-0.3, -0.25) is 0 Å². The summed E-state index contributed by atoms with van der Waals surface area (Å²) in [4.78, 5) is 1.92. The summed E-state index contributed by atoms with van der Waals surface area (Å²) in [7, 11) is 3.78. The Morgan fingerprint density at radius 2 is 1.91 bits per heavy atom. The Balaban J connectivity index is 3.52. The fourth-order valence-corrected chi connectivity index (χ4v) is 0.969.